The average Bonchev–Trinajstić information content (AvgIpc) is 2.19. The zero-order valence-corrected chi connectivity index (χ0v) is 9.90. The van der Waals surface area contributed by atoms with Crippen molar-refractivity contribution in [2.75, 3.05) is 7.11 Å². The maximum absolute atomic E-state index is 10.8. The van der Waals surface area contributed by atoms with Crippen LogP contribution in [0, 0.1) is 6.92 Å². The van der Waals surface area contributed by atoms with Crippen LogP contribution in [0.2, 0.25) is 0 Å². The molecule has 0 fully saturated rings. The van der Waals surface area contributed by atoms with Gasteiger partial charge in [-0.15, -0.1) is 0 Å². The summed E-state index contributed by atoms with van der Waals surface area (Å²) in [6, 6.07) is 1.96. The summed E-state index contributed by atoms with van der Waals surface area (Å²) in [6.45, 7) is 1.95. The molecule has 0 aliphatic carbocycles. The second-order valence-electron chi connectivity index (χ2n) is 2.78. The zero-order chi connectivity index (χ0) is 10.6. The number of aryl methyl sites for hydroxylation is 1. The van der Waals surface area contributed by atoms with Crippen LogP contribution in [0.1, 0.15) is 11.1 Å². The third-order valence-corrected chi connectivity index (χ3v) is 2.42. The van der Waals surface area contributed by atoms with Crippen molar-refractivity contribution < 1.29 is 9.53 Å². The van der Waals surface area contributed by atoms with Crippen molar-refractivity contribution in [3.8, 4) is 0 Å². The van der Waals surface area contributed by atoms with Crippen LogP contribution in [0.15, 0.2) is 18.3 Å². The number of carbonyl (C=O) groups excluding carboxylic acids is 1. The number of hydrogen-bond donors (Lipinski definition) is 0. The Kier molecular flexibility index (Phi) is 3.90. The first-order valence-corrected chi connectivity index (χ1v) is 4.99. The molecule has 0 atom stereocenters. The first-order valence-electron chi connectivity index (χ1n) is 4.05. The van der Waals surface area contributed by atoms with Gasteiger partial charge in [-0.25, -0.2) is 0 Å². The van der Waals surface area contributed by atoms with Crippen LogP contribution in [0.3, 0.4) is 0 Å². The normalized spacial score (nSPS) is 10.5. The molecule has 0 aliphatic rings. The molecule has 2 radical (unpaired) electrons. The fourth-order valence-electron chi connectivity index (χ4n) is 0.933. The Morgan fingerprint density at radius 1 is 1.64 bits per heavy atom. The summed E-state index contributed by atoms with van der Waals surface area (Å²) in [5.41, 5.74) is 1.97. The fourth-order valence-corrected chi connectivity index (χ4v) is 1.35. The van der Waals surface area contributed by atoms with Gasteiger partial charge >= 0.3 is 91.4 Å². The van der Waals surface area contributed by atoms with E-state index in [0.717, 1.165) is 15.6 Å². The number of hydrogen-bond acceptors (Lipinski definition) is 3. The number of nitrogens with zero attached hydrogens (tertiary/aromatic N) is 1. The van der Waals surface area contributed by atoms with E-state index in [1.54, 1.807) is 12.3 Å². The second kappa shape index (κ2) is 4.96. The van der Waals surface area contributed by atoms with Crippen LogP contribution in [-0.4, -0.2) is 34.9 Å². The van der Waals surface area contributed by atoms with E-state index in [4.69, 9.17) is 0 Å². The molecule has 0 unspecified atom stereocenters. The van der Waals surface area contributed by atoms with E-state index in [9.17, 15) is 4.79 Å². The SMILES string of the molecule is COC(=O)/C=C/c1cc(C)cnc1[As]. The summed E-state index contributed by atoms with van der Waals surface area (Å²) < 4.78 is 5.33. The van der Waals surface area contributed by atoms with Crippen LogP contribution in [0.5, 0.6) is 0 Å². The van der Waals surface area contributed by atoms with Crippen molar-refractivity contribution in [2.24, 2.45) is 0 Å². The second-order valence-corrected chi connectivity index (χ2v) is 3.67. The number of pyridine rings is 1. The molecule has 0 bridgehead atoms. The van der Waals surface area contributed by atoms with Gasteiger partial charge in [0.2, 0.25) is 0 Å². The molecule has 4 heteroatoms. The molecule has 0 aliphatic heterocycles. The molecule has 1 aromatic heterocycles. The Labute approximate surface area is 91.7 Å². The first kappa shape index (κ1) is 11.0. The summed E-state index contributed by atoms with van der Waals surface area (Å²) in [4.78, 5) is 15.0. The van der Waals surface area contributed by atoms with Crippen molar-refractivity contribution in [1.29, 1.82) is 0 Å². The van der Waals surface area contributed by atoms with Gasteiger partial charge in [-0.3, -0.25) is 0 Å². The van der Waals surface area contributed by atoms with Crippen molar-refractivity contribution in [1.82, 2.24) is 4.98 Å². The predicted molar refractivity (Wildman–Crippen MR) is 55.4 cm³/mol. The molecule has 0 spiro atoms. The van der Waals surface area contributed by atoms with Crippen LogP contribution >= 0.6 is 0 Å². The van der Waals surface area contributed by atoms with Crippen LogP contribution < -0.4 is 4.48 Å². The quantitative estimate of drug-likeness (QED) is 0.433. The van der Waals surface area contributed by atoms with Gasteiger partial charge in [0.1, 0.15) is 0 Å². The molecule has 1 aromatic rings. The number of esters is 1. The van der Waals surface area contributed by atoms with Gasteiger partial charge < -0.3 is 0 Å². The molecular weight excluding hydrogens is 241 g/mol. The van der Waals surface area contributed by atoms with Crippen LogP contribution in [0.4, 0.5) is 0 Å². The van der Waals surface area contributed by atoms with E-state index < -0.39 is 0 Å². The minimum absolute atomic E-state index is 0.363. The van der Waals surface area contributed by atoms with Gasteiger partial charge in [0.15, 0.2) is 0 Å². The summed E-state index contributed by atoms with van der Waals surface area (Å²) in [5, 5.41) is 0. The predicted octanol–water partition coefficient (Wildman–Crippen LogP) is 0.370. The summed E-state index contributed by atoms with van der Waals surface area (Å²) >= 11 is 2.36. The van der Waals surface area contributed by atoms with E-state index in [-0.39, 0.29) is 5.97 Å². The molecule has 0 saturated heterocycles. The van der Waals surface area contributed by atoms with Crippen molar-refractivity contribution in [3.63, 3.8) is 0 Å². The minimum atomic E-state index is -0.363. The summed E-state index contributed by atoms with van der Waals surface area (Å²) in [5.74, 6) is -0.363. The van der Waals surface area contributed by atoms with E-state index in [0.29, 0.717) is 0 Å². The Morgan fingerprint density at radius 3 is 3.00 bits per heavy atom. The topological polar surface area (TPSA) is 39.2 Å². The van der Waals surface area contributed by atoms with E-state index in [1.807, 2.05) is 13.0 Å². The number of carbonyl (C=O) groups is 1. The molecule has 1 rings (SSSR count). The standard InChI is InChI=1S/C10H10AsNO2/c1-7-5-8(10(11)12-6-7)3-4-9(13)14-2/h3-6H,1-2H3/b4-3+. The molecule has 0 N–H and O–H groups in total. The molecule has 0 saturated carbocycles. The fraction of sp³-hybridized carbons (Fsp3) is 0.200. The number of rotatable bonds is 2. The van der Waals surface area contributed by atoms with Crippen molar-refractivity contribution >= 4 is 33.4 Å². The zero-order valence-electron chi connectivity index (χ0n) is 8.02. The Bertz CT molecular complexity index is 374. The monoisotopic (exact) mass is 251 g/mol. The molecule has 14 heavy (non-hydrogen) atoms. The van der Waals surface area contributed by atoms with Crippen molar-refractivity contribution in [2.45, 2.75) is 6.92 Å². The number of ether oxygens (including phenoxy) is 1. The molecular formula is C10H10AsNO2. The third kappa shape index (κ3) is 3.00. The molecule has 0 aromatic carbocycles. The molecule has 1 heterocycles. The van der Waals surface area contributed by atoms with Crippen LogP contribution in [0.25, 0.3) is 6.08 Å². The first-order chi connectivity index (χ1) is 6.63. The summed E-state index contributed by atoms with van der Waals surface area (Å²) in [6.07, 6.45) is 4.86. The number of aromatic nitrogens is 1. The molecule has 3 nitrogen and oxygen atoms in total. The van der Waals surface area contributed by atoms with Gasteiger partial charge in [0.05, 0.1) is 0 Å². The maximum atomic E-state index is 10.8. The molecule has 0 amide bonds. The molecule has 72 valence electrons. The average molecular weight is 251 g/mol. The van der Waals surface area contributed by atoms with Gasteiger partial charge in [0.25, 0.3) is 0 Å². The van der Waals surface area contributed by atoms with Crippen LogP contribution in [-0.2, 0) is 9.53 Å². The third-order valence-electron chi connectivity index (χ3n) is 1.63. The Balaban J connectivity index is 2.90. The Morgan fingerprint density at radius 2 is 2.36 bits per heavy atom. The van der Waals surface area contributed by atoms with E-state index >= 15 is 0 Å². The summed E-state index contributed by atoms with van der Waals surface area (Å²) in [7, 11) is 1.35. The van der Waals surface area contributed by atoms with E-state index in [1.165, 1.54) is 13.2 Å². The van der Waals surface area contributed by atoms with Gasteiger partial charge in [-0.1, -0.05) is 0 Å². The van der Waals surface area contributed by atoms with Gasteiger partial charge in [0, 0.05) is 0 Å². The van der Waals surface area contributed by atoms with Gasteiger partial charge in [-0.05, 0) is 0 Å². The van der Waals surface area contributed by atoms with E-state index in [2.05, 4.69) is 26.6 Å². The Hall–Kier alpha value is -1.08. The van der Waals surface area contributed by atoms with Crippen molar-refractivity contribution in [3.05, 3.63) is 29.5 Å². The number of methoxy groups -OCH3 is 1. The van der Waals surface area contributed by atoms with Gasteiger partial charge in [-0.2, -0.15) is 0 Å².